The topological polar surface area (TPSA) is 46.3 Å². The third kappa shape index (κ3) is 2.03. The second-order valence-corrected chi connectivity index (χ2v) is 5.55. The van der Waals surface area contributed by atoms with Crippen LogP contribution in [0.2, 0.25) is 0 Å². The molecule has 3 heteroatoms. The lowest BCUT2D eigenvalue weighted by molar-refractivity contribution is 0.0722. The quantitative estimate of drug-likeness (QED) is 0.867. The summed E-state index contributed by atoms with van der Waals surface area (Å²) in [6.45, 7) is 1.79. The molecule has 3 rings (SSSR count). The minimum absolute atomic E-state index is 0.169. The number of hydrogen-bond acceptors (Lipinski definition) is 2. The molecule has 0 aromatic heterocycles. The van der Waals surface area contributed by atoms with Crippen molar-refractivity contribution in [2.75, 3.05) is 13.1 Å². The Morgan fingerprint density at radius 1 is 1.11 bits per heavy atom. The number of carbonyl (C=O) groups is 1. The summed E-state index contributed by atoms with van der Waals surface area (Å²) in [7, 11) is 0. The van der Waals surface area contributed by atoms with Gasteiger partial charge in [-0.2, -0.15) is 0 Å². The molecule has 0 bridgehead atoms. The van der Waals surface area contributed by atoms with Gasteiger partial charge in [-0.1, -0.05) is 18.2 Å². The molecule has 1 amide bonds. The lowest BCUT2D eigenvalue weighted by Gasteiger charge is -2.28. The van der Waals surface area contributed by atoms with Gasteiger partial charge >= 0.3 is 0 Å². The van der Waals surface area contributed by atoms with E-state index in [4.69, 9.17) is 5.73 Å². The van der Waals surface area contributed by atoms with Gasteiger partial charge in [-0.3, -0.25) is 4.79 Å². The van der Waals surface area contributed by atoms with Crippen molar-refractivity contribution >= 4 is 5.91 Å². The molecule has 0 radical (unpaired) electrons. The SMILES string of the molecule is NC1(c2ccccc2C(=O)N2CCCCC2)CC1. The van der Waals surface area contributed by atoms with Gasteiger partial charge in [0.05, 0.1) is 0 Å². The molecular formula is C15H20N2O. The van der Waals surface area contributed by atoms with Gasteiger partial charge < -0.3 is 10.6 Å². The summed E-state index contributed by atoms with van der Waals surface area (Å²) in [5.74, 6) is 0.169. The van der Waals surface area contributed by atoms with Gasteiger partial charge in [0.15, 0.2) is 0 Å². The van der Waals surface area contributed by atoms with Crippen LogP contribution in [0.5, 0.6) is 0 Å². The van der Waals surface area contributed by atoms with Crippen LogP contribution >= 0.6 is 0 Å². The third-order valence-electron chi connectivity index (χ3n) is 4.13. The lowest BCUT2D eigenvalue weighted by atomic mass is 9.97. The van der Waals surface area contributed by atoms with Gasteiger partial charge in [0.2, 0.25) is 0 Å². The van der Waals surface area contributed by atoms with Crippen LogP contribution in [0.25, 0.3) is 0 Å². The summed E-state index contributed by atoms with van der Waals surface area (Å²) in [6, 6.07) is 7.87. The van der Waals surface area contributed by atoms with E-state index in [0.29, 0.717) is 0 Å². The molecular weight excluding hydrogens is 224 g/mol. The Morgan fingerprint density at radius 2 is 1.78 bits per heavy atom. The zero-order chi connectivity index (χ0) is 12.6. The van der Waals surface area contributed by atoms with Gasteiger partial charge in [0.1, 0.15) is 0 Å². The van der Waals surface area contributed by atoms with Gasteiger partial charge in [-0.05, 0) is 43.7 Å². The fraction of sp³-hybridized carbons (Fsp3) is 0.533. The van der Waals surface area contributed by atoms with Crippen molar-refractivity contribution in [3.63, 3.8) is 0 Å². The Balaban J connectivity index is 1.89. The summed E-state index contributed by atoms with van der Waals surface area (Å²) in [5, 5.41) is 0. The molecule has 1 aromatic carbocycles. The molecule has 2 fully saturated rings. The normalized spacial score (nSPS) is 21.7. The van der Waals surface area contributed by atoms with Crippen molar-refractivity contribution in [3.05, 3.63) is 35.4 Å². The average Bonchev–Trinajstić information content (AvgIpc) is 3.18. The van der Waals surface area contributed by atoms with E-state index < -0.39 is 0 Å². The maximum Gasteiger partial charge on any atom is 0.254 e. The number of rotatable bonds is 2. The smallest absolute Gasteiger partial charge is 0.254 e. The van der Waals surface area contributed by atoms with Crippen molar-refractivity contribution in [1.29, 1.82) is 0 Å². The lowest BCUT2D eigenvalue weighted by Crippen LogP contribution is -2.37. The summed E-state index contributed by atoms with van der Waals surface area (Å²) in [4.78, 5) is 14.5. The molecule has 0 atom stereocenters. The van der Waals surface area contributed by atoms with Gasteiger partial charge in [0, 0.05) is 24.2 Å². The van der Waals surface area contributed by atoms with E-state index in [1.807, 2.05) is 29.2 Å². The molecule has 3 nitrogen and oxygen atoms in total. The zero-order valence-electron chi connectivity index (χ0n) is 10.7. The molecule has 1 saturated carbocycles. The molecule has 1 aromatic rings. The Kier molecular flexibility index (Phi) is 2.86. The molecule has 0 spiro atoms. The number of nitrogens with zero attached hydrogens (tertiary/aromatic N) is 1. The van der Waals surface area contributed by atoms with E-state index in [-0.39, 0.29) is 11.4 Å². The zero-order valence-corrected chi connectivity index (χ0v) is 10.7. The van der Waals surface area contributed by atoms with Crippen molar-refractivity contribution in [3.8, 4) is 0 Å². The predicted octanol–water partition coefficient (Wildman–Crippen LogP) is 2.26. The Labute approximate surface area is 108 Å². The van der Waals surface area contributed by atoms with Crippen molar-refractivity contribution in [2.24, 2.45) is 5.73 Å². The third-order valence-corrected chi connectivity index (χ3v) is 4.13. The van der Waals surface area contributed by atoms with Crippen LogP contribution in [-0.4, -0.2) is 23.9 Å². The monoisotopic (exact) mass is 244 g/mol. The van der Waals surface area contributed by atoms with Crippen LogP contribution in [0, 0.1) is 0 Å². The Morgan fingerprint density at radius 3 is 2.44 bits per heavy atom. The van der Waals surface area contributed by atoms with Crippen molar-refractivity contribution in [2.45, 2.75) is 37.6 Å². The highest BCUT2D eigenvalue weighted by Gasteiger charge is 2.42. The summed E-state index contributed by atoms with van der Waals surface area (Å²) < 4.78 is 0. The molecule has 1 heterocycles. The molecule has 18 heavy (non-hydrogen) atoms. The fourth-order valence-electron chi connectivity index (χ4n) is 2.78. The maximum absolute atomic E-state index is 12.6. The van der Waals surface area contributed by atoms with Crippen LogP contribution in [-0.2, 0) is 5.54 Å². The average molecular weight is 244 g/mol. The standard InChI is InChI=1S/C15H20N2O/c16-15(8-9-15)13-7-3-2-6-12(13)14(18)17-10-4-1-5-11-17/h2-3,6-7H,1,4-5,8-11,16H2. The largest absolute Gasteiger partial charge is 0.339 e. The number of likely N-dealkylation sites (tertiary alicyclic amines) is 1. The van der Waals surface area contributed by atoms with Crippen molar-refractivity contribution in [1.82, 2.24) is 4.90 Å². The van der Waals surface area contributed by atoms with Crippen LogP contribution in [0.15, 0.2) is 24.3 Å². The first-order valence-electron chi connectivity index (χ1n) is 6.88. The number of amides is 1. The minimum Gasteiger partial charge on any atom is -0.339 e. The van der Waals surface area contributed by atoms with Crippen LogP contribution in [0.4, 0.5) is 0 Å². The second-order valence-electron chi connectivity index (χ2n) is 5.55. The summed E-state index contributed by atoms with van der Waals surface area (Å²) in [6.07, 6.45) is 5.49. The van der Waals surface area contributed by atoms with E-state index in [1.54, 1.807) is 0 Å². The van der Waals surface area contributed by atoms with Gasteiger partial charge in [-0.15, -0.1) is 0 Å². The van der Waals surface area contributed by atoms with E-state index >= 15 is 0 Å². The number of nitrogens with two attached hydrogens (primary N) is 1. The highest BCUT2D eigenvalue weighted by molar-refractivity contribution is 5.96. The molecule has 96 valence electrons. The number of hydrogen-bond donors (Lipinski definition) is 1. The Bertz CT molecular complexity index is 459. The van der Waals surface area contributed by atoms with E-state index in [0.717, 1.165) is 49.9 Å². The van der Waals surface area contributed by atoms with E-state index in [9.17, 15) is 4.79 Å². The number of benzene rings is 1. The van der Waals surface area contributed by atoms with Crippen molar-refractivity contribution < 1.29 is 4.79 Å². The Hall–Kier alpha value is -1.35. The van der Waals surface area contributed by atoms with E-state index in [1.165, 1.54) is 6.42 Å². The predicted molar refractivity (Wildman–Crippen MR) is 71.3 cm³/mol. The maximum atomic E-state index is 12.6. The van der Waals surface area contributed by atoms with Crippen LogP contribution in [0.1, 0.15) is 48.0 Å². The first-order chi connectivity index (χ1) is 8.71. The molecule has 0 unspecified atom stereocenters. The molecule has 2 N–H and O–H groups in total. The minimum atomic E-state index is -0.234. The molecule has 2 aliphatic rings. The first-order valence-corrected chi connectivity index (χ1v) is 6.88. The van der Waals surface area contributed by atoms with Gasteiger partial charge in [-0.25, -0.2) is 0 Å². The second kappa shape index (κ2) is 4.39. The van der Waals surface area contributed by atoms with Crippen LogP contribution in [0.3, 0.4) is 0 Å². The number of carbonyl (C=O) groups excluding carboxylic acids is 1. The molecule has 1 saturated heterocycles. The van der Waals surface area contributed by atoms with Gasteiger partial charge in [0.25, 0.3) is 5.91 Å². The molecule has 1 aliphatic heterocycles. The summed E-state index contributed by atoms with van der Waals surface area (Å²) >= 11 is 0. The first kappa shape index (κ1) is 11.7. The highest BCUT2D eigenvalue weighted by atomic mass is 16.2. The highest BCUT2D eigenvalue weighted by Crippen LogP contribution is 2.44. The number of piperidine rings is 1. The summed E-state index contributed by atoms with van der Waals surface area (Å²) in [5.41, 5.74) is 7.89. The van der Waals surface area contributed by atoms with E-state index in [2.05, 4.69) is 0 Å². The van der Waals surface area contributed by atoms with Crippen LogP contribution < -0.4 is 5.73 Å². The fourth-order valence-corrected chi connectivity index (χ4v) is 2.78. The molecule has 1 aliphatic carbocycles.